The average molecular weight is 509 g/mol. The minimum absolute atomic E-state index is 0. The molecular weight excluding hydrogens is 471 g/mol. The Kier molecular flexibility index (Phi) is 11.8. The first-order valence-electron chi connectivity index (χ1n) is 10.1. The Balaban J connectivity index is 0.00000364. The minimum Gasteiger partial charge on any atom is -0.396 e. The summed E-state index contributed by atoms with van der Waals surface area (Å²) in [5, 5.41) is 18.4. The largest absolute Gasteiger partial charge is 0.396 e. The van der Waals surface area contributed by atoms with Gasteiger partial charge >= 0.3 is 0 Å². The molecule has 0 atom stereocenters. The molecule has 2 rings (SSSR count). The van der Waals surface area contributed by atoms with Crippen LogP contribution in [0, 0.1) is 5.41 Å². The van der Waals surface area contributed by atoms with Gasteiger partial charge in [0.25, 0.3) is 0 Å². The Morgan fingerprint density at radius 3 is 2.74 bits per heavy atom. The van der Waals surface area contributed by atoms with Gasteiger partial charge in [-0.05, 0) is 55.0 Å². The number of thiophene rings is 1. The van der Waals surface area contributed by atoms with Crippen molar-refractivity contribution in [2.24, 2.45) is 10.4 Å². The molecule has 5 nitrogen and oxygen atoms in total. The summed E-state index contributed by atoms with van der Waals surface area (Å²) in [4.78, 5) is 8.90. The van der Waals surface area contributed by atoms with Gasteiger partial charge in [0.1, 0.15) is 0 Å². The third kappa shape index (κ3) is 7.51. The molecule has 0 amide bonds. The van der Waals surface area contributed by atoms with Crippen LogP contribution >= 0.6 is 35.3 Å². The number of nitrogens with one attached hydrogen (secondary N) is 2. The number of guanidine groups is 1. The molecule has 0 aromatic carbocycles. The highest BCUT2D eigenvalue weighted by atomic mass is 127. The number of aliphatic imine (C=N–C) groups is 1. The maximum Gasteiger partial charge on any atom is 0.191 e. The van der Waals surface area contributed by atoms with Gasteiger partial charge in [0, 0.05) is 50.8 Å². The predicted octanol–water partition coefficient (Wildman–Crippen LogP) is 3.47. The van der Waals surface area contributed by atoms with Gasteiger partial charge < -0.3 is 15.7 Å². The van der Waals surface area contributed by atoms with Crippen LogP contribution in [-0.2, 0) is 13.0 Å². The van der Waals surface area contributed by atoms with Crippen LogP contribution < -0.4 is 10.6 Å². The summed E-state index contributed by atoms with van der Waals surface area (Å²) in [6, 6.07) is 2.27. The molecule has 2 heterocycles. The molecule has 0 saturated heterocycles. The first-order chi connectivity index (χ1) is 12.7. The maximum absolute atomic E-state index is 9.39. The van der Waals surface area contributed by atoms with Crippen LogP contribution in [0.1, 0.15) is 50.5 Å². The Hall–Kier alpha value is -0.380. The van der Waals surface area contributed by atoms with E-state index in [1.165, 1.54) is 12.0 Å². The predicted molar refractivity (Wildman–Crippen MR) is 127 cm³/mol. The number of fused-ring (bicyclic) bond motifs is 1. The molecule has 1 aliphatic heterocycles. The number of rotatable bonds is 10. The zero-order valence-electron chi connectivity index (χ0n) is 17.1. The molecular formula is C20H37IN4OS. The van der Waals surface area contributed by atoms with Crippen LogP contribution in [0.25, 0.3) is 0 Å². The maximum atomic E-state index is 9.39. The minimum atomic E-state index is 0. The molecule has 1 aromatic rings. The summed E-state index contributed by atoms with van der Waals surface area (Å²) in [6.07, 6.45) is 4.09. The van der Waals surface area contributed by atoms with Crippen molar-refractivity contribution in [3.63, 3.8) is 0 Å². The molecule has 0 radical (unpaired) electrons. The SMILES string of the molecule is CCNC(=NCC(CC)(CC)CCO)NCCN1CCc2sccc2C1.I. The Morgan fingerprint density at radius 2 is 2.07 bits per heavy atom. The Bertz CT molecular complexity index is 560. The molecule has 3 N–H and O–H groups in total. The van der Waals surface area contributed by atoms with Crippen molar-refractivity contribution in [3.8, 4) is 0 Å². The lowest BCUT2D eigenvalue weighted by molar-refractivity contribution is 0.175. The molecule has 7 heteroatoms. The zero-order chi connectivity index (χ0) is 18.8. The van der Waals surface area contributed by atoms with Crippen molar-refractivity contribution in [1.29, 1.82) is 0 Å². The van der Waals surface area contributed by atoms with Crippen LogP contribution in [0.15, 0.2) is 16.4 Å². The van der Waals surface area contributed by atoms with E-state index >= 15 is 0 Å². The molecule has 0 bridgehead atoms. The monoisotopic (exact) mass is 508 g/mol. The lowest BCUT2D eigenvalue weighted by atomic mass is 9.79. The van der Waals surface area contributed by atoms with E-state index in [-0.39, 0.29) is 36.0 Å². The first-order valence-corrected chi connectivity index (χ1v) is 10.9. The van der Waals surface area contributed by atoms with Gasteiger partial charge in [0.05, 0.1) is 0 Å². The normalized spacial score (nSPS) is 15.2. The lowest BCUT2D eigenvalue weighted by Crippen LogP contribution is -2.43. The summed E-state index contributed by atoms with van der Waals surface area (Å²) < 4.78 is 0. The molecule has 0 aliphatic carbocycles. The number of hydrogen-bond donors (Lipinski definition) is 3. The van der Waals surface area contributed by atoms with Crippen LogP contribution in [0.3, 0.4) is 0 Å². The molecule has 0 spiro atoms. The summed E-state index contributed by atoms with van der Waals surface area (Å²) in [7, 11) is 0. The van der Waals surface area contributed by atoms with E-state index in [4.69, 9.17) is 4.99 Å². The van der Waals surface area contributed by atoms with E-state index in [9.17, 15) is 5.11 Å². The second kappa shape index (κ2) is 13.0. The molecule has 27 heavy (non-hydrogen) atoms. The van der Waals surface area contributed by atoms with Gasteiger partial charge in [-0.3, -0.25) is 9.89 Å². The molecule has 1 aliphatic rings. The summed E-state index contributed by atoms with van der Waals surface area (Å²) >= 11 is 1.89. The van der Waals surface area contributed by atoms with Crippen LogP contribution in [-0.4, -0.2) is 55.3 Å². The average Bonchev–Trinajstić information content (AvgIpc) is 3.13. The number of nitrogens with zero attached hydrogens (tertiary/aromatic N) is 2. The third-order valence-electron chi connectivity index (χ3n) is 5.67. The molecule has 0 fully saturated rings. The third-order valence-corrected chi connectivity index (χ3v) is 6.69. The van der Waals surface area contributed by atoms with E-state index < -0.39 is 0 Å². The van der Waals surface area contributed by atoms with Crippen molar-refractivity contribution < 1.29 is 5.11 Å². The topological polar surface area (TPSA) is 59.9 Å². The van der Waals surface area contributed by atoms with E-state index in [1.807, 2.05) is 11.3 Å². The highest BCUT2D eigenvalue weighted by molar-refractivity contribution is 14.0. The Morgan fingerprint density at radius 1 is 1.30 bits per heavy atom. The fourth-order valence-corrected chi connectivity index (χ4v) is 4.45. The smallest absolute Gasteiger partial charge is 0.191 e. The second-order valence-electron chi connectivity index (χ2n) is 7.20. The van der Waals surface area contributed by atoms with Gasteiger partial charge in [0.2, 0.25) is 0 Å². The second-order valence-corrected chi connectivity index (χ2v) is 8.20. The molecule has 156 valence electrons. The number of aliphatic hydroxyl groups is 1. The quantitative estimate of drug-likeness (QED) is 0.258. The zero-order valence-corrected chi connectivity index (χ0v) is 20.2. The van der Waals surface area contributed by atoms with Crippen molar-refractivity contribution in [2.75, 3.05) is 39.3 Å². The summed E-state index contributed by atoms with van der Waals surface area (Å²) in [5.41, 5.74) is 1.61. The molecule has 0 saturated carbocycles. The van der Waals surface area contributed by atoms with Gasteiger partial charge in [-0.25, -0.2) is 0 Å². The van der Waals surface area contributed by atoms with Crippen molar-refractivity contribution in [3.05, 3.63) is 21.9 Å². The Labute approximate surface area is 186 Å². The molecule has 0 unspecified atom stereocenters. The van der Waals surface area contributed by atoms with Gasteiger partial charge in [-0.15, -0.1) is 35.3 Å². The van der Waals surface area contributed by atoms with Crippen molar-refractivity contribution in [1.82, 2.24) is 15.5 Å². The van der Waals surface area contributed by atoms with Gasteiger partial charge in [-0.2, -0.15) is 0 Å². The standard InChI is InChI=1S/C20H36N4OS.HI/c1-4-20(5-2,9-13-25)16-23-19(21-6-3)22-10-12-24-11-7-18-17(15-24)8-14-26-18;/h8,14,25H,4-7,9-13,15-16H2,1-3H3,(H2,21,22,23);1H. The van der Waals surface area contributed by atoms with Crippen LogP contribution in [0.5, 0.6) is 0 Å². The molecule has 1 aromatic heterocycles. The van der Waals surface area contributed by atoms with Crippen LogP contribution in [0.4, 0.5) is 0 Å². The van der Waals surface area contributed by atoms with E-state index in [1.54, 1.807) is 4.88 Å². The lowest BCUT2D eigenvalue weighted by Gasteiger charge is -2.30. The van der Waals surface area contributed by atoms with E-state index in [0.29, 0.717) is 0 Å². The number of aliphatic hydroxyl groups excluding tert-OH is 1. The van der Waals surface area contributed by atoms with Gasteiger partial charge in [0.15, 0.2) is 5.96 Å². The number of hydrogen-bond acceptors (Lipinski definition) is 4. The van der Waals surface area contributed by atoms with Gasteiger partial charge in [-0.1, -0.05) is 13.8 Å². The van der Waals surface area contributed by atoms with Crippen molar-refractivity contribution >= 4 is 41.3 Å². The fraction of sp³-hybridized carbons (Fsp3) is 0.750. The highest BCUT2D eigenvalue weighted by Crippen LogP contribution is 2.30. The van der Waals surface area contributed by atoms with E-state index in [0.717, 1.165) is 64.5 Å². The fourth-order valence-electron chi connectivity index (χ4n) is 3.56. The summed E-state index contributed by atoms with van der Waals surface area (Å²) in [5.74, 6) is 0.893. The van der Waals surface area contributed by atoms with Crippen LogP contribution in [0.2, 0.25) is 0 Å². The highest BCUT2D eigenvalue weighted by Gasteiger charge is 2.25. The van der Waals surface area contributed by atoms with Crippen molar-refractivity contribution in [2.45, 2.75) is 53.0 Å². The first kappa shape index (κ1) is 24.7. The summed E-state index contributed by atoms with van der Waals surface area (Å²) in [6.45, 7) is 12.5. The number of halogens is 1. The van der Waals surface area contributed by atoms with E-state index in [2.05, 4.69) is 47.8 Å².